The fourth-order valence-corrected chi connectivity index (χ4v) is 3.95. The zero-order chi connectivity index (χ0) is 21.0. The summed E-state index contributed by atoms with van der Waals surface area (Å²) in [6.45, 7) is 0. The SMILES string of the molecule is Cn1nccc1-c1cnc(N)nc1-c1ccn2c(C3CCC3C(F)(F)F)nnc2c1. The van der Waals surface area contributed by atoms with Crippen LogP contribution < -0.4 is 5.73 Å². The highest BCUT2D eigenvalue weighted by Crippen LogP contribution is 2.50. The van der Waals surface area contributed by atoms with Crippen LogP contribution in [-0.4, -0.2) is 40.5 Å². The molecule has 1 saturated carbocycles. The van der Waals surface area contributed by atoms with Gasteiger partial charge < -0.3 is 5.73 Å². The van der Waals surface area contributed by atoms with Crippen LogP contribution >= 0.6 is 0 Å². The van der Waals surface area contributed by atoms with Crippen LogP contribution in [-0.2, 0) is 7.05 Å². The third-order valence-electron chi connectivity index (χ3n) is 5.64. The minimum atomic E-state index is -4.23. The van der Waals surface area contributed by atoms with Crippen molar-refractivity contribution in [1.29, 1.82) is 0 Å². The number of aromatic nitrogens is 7. The second-order valence-electron chi connectivity index (χ2n) is 7.36. The van der Waals surface area contributed by atoms with Crippen molar-refractivity contribution in [1.82, 2.24) is 34.3 Å². The number of rotatable bonds is 3. The van der Waals surface area contributed by atoms with Crippen LogP contribution in [0.4, 0.5) is 19.1 Å². The molecule has 0 amide bonds. The van der Waals surface area contributed by atoms with E-state index < -0.39 is 18.0 Å². The van der Waals surface area contributed by atoms with Crippen LogP contribution in [0.3, 0.4) is 0 Å². The highest BCUT2D eigenvalue weighted by Gasteiger charge is 2.51. The van der Waals surface area contributed by atoms with Crippen LogP contribution in [0.15, 0.2) is 36.8 Å². The fraction of sp³-hybridized carbons (Fsp3) is 0.316. The zero-order valence-corrected chi connectivity index (χ0v) is 15.9. The van der Waals surface area contributed by atoms with Crippen molar-refractivity contribution in [3.8, 4) is 22.5 Å². The summed E-state index contributed by atoms with van der Waals surface area (Å²) in [4.78, 5) is 8.47. The molecule has 4 heterocycles. The summed E-state index contributed by atoms with van der Waals surface area (Å²) >= 11 is 0. The molecule has 2 N–H and O–H groups in total. The maximum Gasteiger partial charge on any atom is 0.392 e. The van der Waals surface area contributed by atoms with Gasteiger partial charge >= 0.3 is 6.18 Å². The lowest BCUT2D eigenvalue weighted by Crippen LogP contribution is -2.37. The number of hydrogen-bond donors (Lipinski definition) is 1. The maximum atomic E-state index is 13.2. The van der Waals surface area contributed by atoms with E-state index in [1.807, 2.05) is 6.07 Å². The molecule has 154 valence electrons. The number of nitrogens with two attached hydrogens (primary N) is 1. The summed E-state index contributed by atoms with van der Waals surface area (Å²) < 4.78 is 42.9. The van der Waals surface area contributed by atoms with Gasteiger partial charge in [-0.1, -0.05) is 0 Å². The number of pyridine rings is 1. The van der Waals surface area contributed by atoms with Gasteiger partial charge in [0.05, 0.1) is 17.3 Å². The molecule has 2 atom stereocenters. The van der Waals surface area contributed by atoms with Gasteiger partial charge in [0.15, 0.2) is 5.65 Å². The van der Waals surface area contributed by atoms with Gasteiger partial charge in [0.2, 0.25) is 5.95 Å². The van der Waals surface area contributed by atoms with Crippen molar-refractivity contribution in [3.63, 3.8) is 0 Å². The van der Waals surface area contributed by atoms with E-state index in [2.05, 4.69) is 25.3 Å². The van der Waals surface area contributed by atoms with Crippen LogP contribution in [0.1, 0.15) is 24.6 Å². The lowest BCUT2D eigenvalue weighted by molar-refractivity contribution is -0.201. The number of hydrogen-bond acceptors (Lipinski definition) is 6. The second kappa shape index (κ2) is 6.51. The Bertz CT molecular complexity index is 1240. The minimum Gasteiger partial charge on any atom is -0.368 e. The lowest BCUT2D eigenvalue weighted by atomic mass is 9.72. The Labute approximate surface area is 168 Å². The first kappa shape index (κ1) is 18.5. The van der Waals surface area contributed by atoms with E-state index in [9.17, 15) is 13.2 Å². The first-order valence-corrected chi connectivity index (χ1v) is 9.35. The number of nitrogen functional groups attached to an aromatic ring is 1. The molecule has 4 aromatic heterocycles. The first-order chi connectivity index (χ1) is 14.3. The third kappa shape index (κ3) is 2.88. The maximum absolute atomic E-state index is 13.2. The van der Waals surface area contributed by atoms with E-state index in [1.54, 1.807) is 46.9 Å². The molecular formula is C19H17F3N8. The molecule has 2 unspecified atom stereocenters. The number of halogens is 3. The van der Waals surface area contributed by atoms with Gasteiger partial charge in [0.25, 0.3) is 0 Å². The zero-order valence-electron chi connectivity index (χ0n) is 15.9. The molecule has 4 aromatic rings. The van der Waals surface area contributed by atoms with Crippen molar-refractivity contribution in [2.24, 2.45) is 13.0 Å². The molecule has 1 aliphatic carbocycles. The average Bonchev–Trinajstić information content (AvgIpc) is 3.25. The second-order valence-corrected chi connectivity index (χ2v) is 7.36. The largest absolute Gasteiger partial charge is 0.392 e. The molecule has 8 nitrogen and oxygen atoms in total. The van der Waals surface area contributed by atoms with Gasteiger partial charge in [-0.2, -0.15) is 18.3 Å². The number of anilines is 1. The van der Waals surface area contributed by atoms with E-state index >= 15 is 0 Å². The lowest BCUT2D eigenvalue weighted by Gasteiger charge is -2.36. The van der Waals surface area contributed by atoms with E-state index in [4.69, 9.17) is 5.73 Å². The van der Waals surface area contributed by atoms with Gasteiger partial charge in [0.1, 0.15) is 5.82 Å². The van der Waals surface area contributed by atoms with E-state index in [1.165, 1.54) is 0 Å². The Morgan fingerprint density at radius 3 is 2.67 bits per heavy atom. The van der Waals surface area contributed by atoms with Gasteiger partial charge in [-0.05, 0) is 31.0 Å². The third-order valence-corrected chi connectivity index (χ3v) is 5.64. The molecule has 0 aromatic carbocycles. The van der Waals surface area contributed by atoms with Crippen LogP contribution in [0, 0.1) is 5.92 Å². The summed E-state index contributed by atoms with van der Waals surface area (Å²) in [6, 6.07) is 5.34. The summed E-state index contributed by atoms with van der Waals surface area (Å²) in [5, 5.41) is 12.3. The molecule has 30 heavy (non-hydrogen) atoms. The summed E-state index contributed by atoms with van der Waals surface area (Å²) in [5.74, 6) is -1.60. The highest BCUT2D eigenvalue weighted by atomic mass is 19.4. The number of fused-ring (bicyclic) bond motifs is 1. The van der Waals surface area contributed by atoms with Crippen LogP contribution in [0.5, 0.6) is 0 Å². The van der Waals surface area contributed by atoms with Crippen LogP contribution in [0.25, 0.3) is 28.2 Å². The predicted molar refractivity (Wildman–Crippen MR) is 102 cm³/mol. The normalized spacial score (nSPS) is 19.2. The summed E-state index contributed by atoms with van der Waals surface area (Å²) in [6.07, 6.45) is 1.30. The van der Waals surface area contributed by atoms with E-state index in [-0.39, 0.29) is 12.4 Å². The quantitative estimate of drug-likeness (QED) is 0.553. The smallest absolute Gasteiger partial charge is 0.368 e. The predicted octanol–water partition coefficient (Wildman–Crippen LogP) is 3.22. The molecule has 5 rings (SSSR count). The number of aryl methyl sites for hydroxylation is 1. The molecule has 0 aliphatic heterocycles. The number of alkyl halides is 3. The summed E-state index contributed by atoms with van der Waals surface area (Å²) in [5.41, 5.74) is 9.06. The van der Waals surface area contributed by atoms with E-state index in [0.29, 0.717) is 29.1 Å². The first-order valence-electron chi connectivity index (χ1n) is 9.35. The standard InChI is InChI=1S/C19H17F3N8/c1-29-14(4-6-25-29)12-9-24-18(23)26-16(12)10-5-7-30-15(8-10)27-28-17(30)11-2-3-13(11)19(20,21)22/h4-9,11,13H,2-3H2,1H3,(H2,23,24,26). The van der Waals surface area contributed by atoms with Gasteiger partial charge in [-0.25, -0.2) is 9.97 Å². The molecule has 11 heteroatoms. The Balaban J connectivity index is 1.58. The highest BCUT2D eigenvalue weighted by molar-refractivity contribution is 5.80. The Morgan fingerprint density at radius 1 is 1.17 bits per heavy atom. The molecule has 0 radical (unpaired) electrons. The minimum absolute atomic E-state index is 0.112. The van der Waals surface area contributed by atoms with Crippen molar-refractivity contribution in [2.45, 2.75) is 24.9 Å². The molecule has 0 saturated heterocycles. The van der Waals surface area contributed by atoms with Crippen molar-refractivity contribution in [3.05, 3.63) is 42.6 Å². The molecule has 1 aliphatic rings. The Hall–Kier alpha value is -3.50. The molecule has 0 bridgehead atoms. The van der Waals surface area contributed by atoms with Crippen molar-refractivity contribution >= 4 is 11.6 Å². The Kier molecular flexibility index (Phi) is 4.02. The summed E-state index contributed by atoms with van der Waals surface area (Å²) in [7, 11) is 1.80. The molecule has 0 spiro atoms. The van der Waals surface area contributed by atoms with Gasteiger partial charge in [-0.15, -0.1) is 10.2 Å². The topological polar surface area (TPSA) is 99.8 Å². The Morgan fingerprint density at radius 2 is 2.00 bits per heavy atom. The van der Waals surface area contributed by atoms with Gasteiger partial charge in [0, 0.05) is 42.7 Å². The molecular weight excluding hydrogens is 397 g/mol. The molecule has 1 fully saturated rings. The monoisotopic (exact) mass is 414 g/mol. The van der Waals surface area contributed by atoms with E-state index in [0.717, 1.165) is 11.3 Å². The number of nitrogens with zero attached hydrogens (tertiary/aromatic N) is 7. The van der Waals surface area contributed by atoms with Crippen molar-refractivity contribution < 1.29 is 13.2 Å². The fourth-order valence-electron chi connectivity index (χ4n) is 3.95. The average molecular weight is 414 g/mol. The van der Waals surface area contributed by atoms with Crippen LogP contribution in [0.2, 0.25) is 0 Å². The van der Waals surface area contributed by atoms with Crippen molar-refractivity contribution in [2.75, 3.05) is 5.73 Å². The van der Waals surface area contributed by atoms with Gasteiger partial charge in [-0.3, -0.25) is 9.08 Å².